The number of nitriles is 1. The van der Waals surface area contributed by atoms with E-state index in [0.717, 1.165) is 29.0 Å². The molecule has 0 spiro atoms. The minimum absolute atomic E-state index is 0.326. The van der Waals surface area contributed by atoms with Crippen molar-refractivity contribution in [3.63, 3.8) is 0 Å². The van der Waals surface area contributed by atoms with Crippen LogP contribution in [0.3, 0.4) is 0 Å². The second-order valence-electron chi connectivity index (χ2n) is 10.2. The molecule has 3 aromatic carbocycles. The Morgan fingerprint density at radius 1 is 1.03 bits per heavy atom. The summed E-state index contributed by atoms with van der Waals surface area (Å²) in [5.41, 5.74) is 4.01. The zero-order valence-corrected chi connectivity index (χ0v) is 21.1. The fraction of sp³-hybridized carbons (Fsp3) is 0.387. The topological polar surface area (TPSA) is 42.2 Å². The Labute approximate surface area is 208 Å². The van der Waals surface area contributed by atoms with Gasteiger partial charge in [0.15, 0.2) is 0 Å². The number of hydrogen-bond acceptors (Lipinski definition) is 3. The van der Waals surface area contributed by atoms with Gasteiger partial charge in [-0.2, -0.15) is 5.26 Å². The van der Waals surface area contributed by atoms with Crippen LogP contribution in [0.15, 0.2) is 60.7 Å². The van der Waals surface area contributed by atoms with Crippen LogP contribution in [0.2, 0.25) is 0 Å². The van der Waals surface area contributed by atoms with E-state index in [4.69, 9.17) is 9.47 Å². The highest BCUT2D eigenvalue weighted by atomic mass is 19.1. The monoisotopic (exact) mass is 471 g/mol. The molecular weight excluding hydrogens is 437 g/mol. The smallest absolute Gasteiger partial charge is 0.131 e. The van der Waals surface area contributed by atoms with Gasteiger partial charge < -0.3 is 9.47 Å². The van der Waals surface area contributed by atoms with Crippen LogP contribution >= 0.6 is 0 Å². The number of nitrogens with zero attached hydrogens (tertiary/aromatic N) is 1. The first-order chi connectivity index (χ1) is 16.8. The van der Waals surface area contributed by atoms with E-state index in [1.165, 1.54) is 24.5 Å². The summed E-state index contributed by atoms with van der Waals surface area (Å²) in [7, 11) is 1.57. The summed E-state index contributed by atoms with van der Waals surface area (Å²) in [6.45, 7) is 6.51. The molecule has 4 rings (SSSR count). The first-order valence-electron chi connectivity index (χ1n) is 12.4. The standard InChI is InChI=1S/C31H34FNO2/c1-5-27(22-9-10-22)23-8-6-7-21(15-23)19-35-26-11-13-28(24(16-26)18-31(2,3)20-33)29-17-25(34-4)12-14-30(29)32/h6-8,11-17,22,27H,5,9-10,18-19H2,1-4H3. The van der Waals surface area contributed by atoms with Crippen molar-refractivity contribution in [2.75, 3.05) is 7.11 Å². The third-order valence-corrected chi connectivity index (χ3v) is 6.89. The molecule has 1 aliphatic carbocycles. The average molecular weight is 472 g/mol. The van der Waals surface area contributed by atoms with Crippen LogP contribution in [0, 0.1) is 28.5 Å². The van der Waals surface area contributed by atoms with Crippen molar-refractivity contribution in [3.05, 3.63) is 83.2 Å². The number of benzene rings is 3. The molecule has 1 fully saturated rings. The van der Waals surface area contributed by atoms with Crippen LogP contribution in [-0.4, -0.2) is 7.11 Å². The van der Waals surface area contributed by atoms with E-state index in [9.17, 15) is 9.65 Å². The van der Waals surface area contributed by atoms with Gasteiger partial charge in [-0.05, 0) is 104 Å². The van der Waals surface area contributed by atoms with Crippen LogP contribution in [-0.2, 0) is 13.0 Å². The average Bonchev–Trinajstić information content (AvgIpc) is 3.69. The molecule has 0 bridgehead atoms. The molecule has 182 valence electrons. The van der Waals surface area contributed by atoms with Gasteiger partial charge in [-0.3, -0.25) is 0 Å². The molecular formula is C31H34FNO2. The molecule has 0 amide bonds. The van der Waals surface area contributed by atoms with Gasteiger partial charge in [0.2, 0.25) is 0 Å². The lowest BCUT2D eigenvalue weighted by Crippen LogP contribution is -2.13. The van der Waals surface area contributed by atoms with Gasteiger partial charge in [0.05, 0.1) is 18.6 Å². The number of methoxy groups -OCH3 is 1. The molecule has 35 heavy (non-hydrogen) atoms. The van der Waals surface area contributed by atoms with E-state index in [1.54, 1.807) is 19.2 Å². The Bertz CT molecular complexity index is 1220. The van der Waals surface area contributed by atoms with Crippen LogP contribution in [0.5, 0.6) is 11.5 Å². The van der Waals surface area contributed by atoms with E-state index >= 15 is 0 Å². The van der Waals surface area contributed by atoms with Gasteiger partial charge in [0, 0.05) is 5.56 Å². The maximum atomic E-state index is 14.8. The summed E-state index contributed by atoms with van der Waals surface area (Å²) < 4.78 is 26.3. The van der Waals surface area contributed by atoms with Crippen molar-refractivity contribution in [3.8, 4) is 28.7 Å². The van der Waals surface area contributed by atoms with Crippen molar-refractivity contribution in [2.45, 2.75) is 59.0 Å². The van der Waals surface area contributed by atoms with Gasteiger partial charge in [0.1, 0.15) is 23.9 Å². The SMILES string of the molecule is CCC(c1cccc(COc2ccc(-c3cc(OC)ccc3F)c(CC(C)(C)C#N)c2)c1)C1CC1. The molecule has 1 atom stereocenters. The number of hydrogen-bond donors (Lipinski definition) is 0. The fourth-order valence-electron chi connectivity index (χ4n) is 4.84. The summed E-state index contributed by atoms with van der Waals surface area (Å²) in [6, 6.07) is 21.5. The third-order valence-electron chi connectivity index (χ3n) is 6.89. The highest BCUT2D eigenvalue weighted by Gasteiger charge is 2.31. The van der Waals surface area contributed by atoms with Gasteiger partial charge in [-0.25, -0.2) is 4.39 Å². The van der Waals surface area contributed by atoms with Crippen LogP contribution in [0.1, 0.15) is 62.6 Å². The van der Waals surface area contributed by atoms with E-state index in [2.05, 4.69) is 37.3 Å². The predicted octanol–water partition coefficient (Wildman–Crippen LogP) is 8.08. The zero-order chi connectivity index (χ0) is 25.0. The van der Waals surface area contributed by atoms with Crippen molar-refractivity contribution >= 4 is 0 Å². The minimum Gasteiger partial charge on any atom is -0.497 e. The molecule has 0 saturated heterocycles. The maximum absolute atomic E-state index is 14.8. The quantitative estimate of drug-likeness (QED) is 0.300. The second-order valence-corrected chi connectivity index (χ2v) is 10.2. The molecule has 0 radical (unpaired) electrons. The number of rotatable bonds is 10. The summed E-state index contributed by atoms with van der Waals surface area (Å²) in [4.78, 5) is 0. The Morgan fingerprint density at radius 2 is 1.80 bits per heavy atom. The Balaban J connectivity index is 1.60. The lowest BCUT2D eigenvalue weighted by atomic mass is 9.84. The number of ether oxygens (including phenoxy) is 2. The molecule has 3 nitrogen and oxygen atoms in total. The van der Waals surface area contributed by atoms with Crippen molar-refractivity contribution in [1.29, 1.82) is 5.26 Å². The van der Waals surface area contributed by atoms with Crippen molar-refractivity contribution in [2.24, 2.45) is 11.3 Å². The predicted molar refractivity (Wildman–Crippen MR) is 138 cm³/mol. The highest BCUT2D eigenvalue weighted by Crippen LogP contribution is 2.44. The van der Waals surface area contributed by atoms with E-state index in [0.29, 0.717) is 36.0 Å². The van der Waals surface area contributed by atoms with Gasteiger partial charge >= 0.3 is 0 Å². The van der Waals surface area contributed by atoms with E-state index in [1.807, 2.05) is 32.0 Å². The molecule has 4 heteroatoms. The van der Waals surface area contributed by atoms with Crippen LogP contribution < -0.4 is 9.47 Å². The summed E-state index contributed by atoms with van der Waals surface area (Å²) in [5.74, 6) is 2.43. The highest BCUT2D eigenvalue weighted by molar-refractivity contribution is 5.70. The molecule has 0 aliphatic heterocycles. The molecule has 0 N–H and O–H groups in total. The largest absolute Gasteiger partial charge is 0.497 e. The third kappa shape index (κ3) is 6.03. The molecule has 0 heterocycles. The van der Waals surface area contributed by atoms with Gasteiger partial charge in [0.25, 0.3) is 0 Å². The lowest BCUT2D eigenvalue weighted by Gasteiger charge is -2.20. The van der Waals surface area contributed by atoms with Crippen molar-refractivity contribution in [1.82, 2.24) is 0 Å². The summed E-state index contributed by atoms with van der Waals surface area (Å²) >= 11 is 0. The Kier molecular flexibility index (Phi) is 7.45. The van der Waals surface area contributed by atoms with Crippen LogP contribution in [0.25, 0.3) is 11.1 Å². The maximum Gasteiger partial charge on any atom is 0.131 e. The number of halogens is 1. The lowest BCUT2D eigenvalue weighted by molar-refractivity contribution is 0.305. The van der Waals surface area contributed by atoms with Crippen LogP contribution in [0.4, 0.5) is 4.39 Å². The van der Waals surface area contributed by atoms with E-state index in [-0.39, 0.29) is 5.82 Å². The Hall–Kier alpha value is -3.32. The van der Waals surface area contributed by atoms with Gasteiger partial charge in [-0.15, -0.1) is 0 Å². The minimum atomic E-state index is -0.602. The Morgan fingerprint density at radius 3 is 2.49 bits per heavy atom. The molecule has 1 aliphatic rings. The van der Waals surface area contributed by atoms with E-state index < -0.39 is 5.41 Å². The molecule has 1 saturated carbocycles. The first-order valence-corrected chi connectivity index (χ1v) is 12.4. The first kappa shape index (κ1) is 24.8. The second kappa shape index (κ2) is 10.5. The normalized spacial score (nSPS) is 14.3. The van der Waals surface area contributed by atoms with Gasteiger partial charge in [-0.1, -0.05) is 37.3 Å². The zero-order valence-electron chi connectivity index (χ0n) is 21.1. The van der Waals surface area contributed by atoms with Crippen molar-refractivity contribution < 1.29 is 13.9 Å². The molecule has 0 aromatic heterocycles. The molecule has 1 unspecified atom stereocenters. The fourth-order valence-corrected chi connectivity index (χ4v) is 4.84. The molecule has 3 aromatic rings. The summed E-state index contributed by atoms with van der Waals surface area (Å²) in [5, 5.41) is 9.63. The summed E-state index contributed by atoms with van der Waals surface area (Å²) in [6.07, 6.45) is 4.31.